The van der Waals surface area contributed by atoms with Crippen LogP contribution in [-0.4, -0.2) is 50.8 Å². The van der Waals surface area contributed by atoms with Crippen LogP contribution in [0.25, 0.3) is 28.0 Å². The van der Waals surface area contributed by atoms with Crippen molar-refractivity contribution >= 4 is 22.8 Å². The van der Waals surface area contributed by atoms with Crippen molar-refractivity contribution in [1.29, 1.82) is 0 Å². The summed E-state index contributed by atoms with van der Waals surface area (Å²) in [5, 5.41) is 7.90. The molecular formula is C23H22F3N7. The molecule has 7 nitrogen and oxygen atoms in total. The Morgan fingerprint density at radius 2 is 1.76 bits per heavy atom. The van der Waals surface area contributed by atoms with E-state index in [1.807, 2.05) is 0 Å². The smallest absolute Gasteiger partial charge is 0.225 e. The van der Waals surface area contributed by atoms with Crippen LogP contribution in [0, 0.1) is 17.5 Å². The second-order valence-corrected chi connectivity index (χ2v) is 7.97. The fraction of sp³-hybridized carbons (Fsp3) is 0.261. The lowest BCUT2D eigenvalue weighted by Crippen LogP contribution is -2.26. The van der Waals surface area contributed by atoms with Crippen molar-refractivity contribution in [3.63, 3.8) is 0 Å². The molecular weight excluding hydrogens is 431 g/mol. The van der Waals surface area contributed by atoms with Gasteiger partial charge in [0.05, 0.1) is 16.8 Å². The first kappa shape index (κ1) is 21.2. The van der Waals surface area contributed by atoms with Gasteiger partial charge in [0, 0.05) is 24.7 Å². The molecule has 1 saturated heterocycles. The summed E-state index contributed by atoms with van der Waals surface area (Å²) in [4.78, 5) is 11.3. The molecule has 1 aliphatic rings. The van der Waals surface area contributed by atoms with Crippen molar-refractivity contribution in [3.8, 4) is 16.9 Å². The number of likely N-dealkylation sites (tertiary alicyclic amines) is 1. The van der Waals surface area contributed by atoms with Crippen molar-refractivity contribution in [2.45, 2.75) is 12.8 Å². The Hall–Kier alpha value is -3.66. The number of aromatic nitrogens is 4. The van der Waals surface area contributed by atoms with E-state index in [4.69, 9.17) is 5.73 Å². The Labute approximate surface area is 188 Å². The predicted molar refractivity (Wildman–Crippen MR) is 121 cm³/mol. The van der Waals surface area contributed by atoms with Gasteiger partial charge in [0.25, 0.3) is 0 Å². The maximum Gasteiger partial charge on any atom is 0.225 e. The Balaban J connectivity index is 1.60. The van der Waals surface area contributed by atoms with Gasteiger partial charge in [0.1, 0.15) is 23.3 Å². The first-order valence-electron chi connectivity index (χ1n) is 10.7. The molecule has 4 aromatic rings. The van der Waals surface area contributed by atoms with Crippen molar-refractivity contribution in [2.24, 2.45) is 0 Å². The fourth-order valence-corrected chi connectivity index (χ4v) is 4.10. The van der Waals surface area contributed by atoms with Gasteiger partial charge in [-0.25, -0.2) is 22.8 Å². The van der Waals surface area contributed by atoms with E-state index >= 15 is 0 Å². The molecule has 3 N–H and O–H groups in total. The second-order valence-electron chi connectivity index (χ2n) is 7.97. The van der Waals surface area contributed by atoms with Crippen LogP contribution in [-0.2, 0) is 0 Å². The van der Waals surface area contributed by atoms with E-state index in [9.17, 15) is 13.2 Å². The van der Waals surface area contributed by atoms with Crippen LogP contribution in [0.1, 0.15) is 12.8 Å². The third kappa shape index (κ3) is 4.21. The van der Waals surface area contributed by atoms with Crippen molar-refractivity contribution < 1.29 is 13.2 Å². The normalized spacial score (nSPS) is 14.3. The fourth-order valence-electron chi connectivity index (χ4n) is 4.10. The summed E-state index contributed by atoms with van der Waals surface area (Å²) < 4.78 is 43.4. The first-order chi connectivity index (χ1) is 16.0. The summed E-state index contributed by atoms with van der Waals surface area (Å²) >= 11 is 0. The number of hydrogen-bond donors (Lipinski definition) is 2. The summed E-state index contributed by atoms with van der Waals surface area (Å²) in [7, 11) is 0. The number of benzene rings is 2. The van der Waals surface area contributed by atoms with Crippen LogP contribution in [0.2, 0.25) is 0 Å². The third-order valence-corrected chi connectivity index (χ3v) is 5.72. The molecule has 0 saturated carbocycles. The van der Waals surface area contributed by atoms with Crippen LogP contribution >= 0.6 is 0 Å². The second kappa shape index (κ2) is 8.70. The van der Waals surface area contributed by atoms with E-state index in [2.05, 4.69) is 25.3 Å². The lowest BCUT2D eigenvalue weighted by molar-refractivity contribution is 0.352. The summed E-state index contributed by atoms with van der Waals surface area (Å²) in [5.41, 5.74) is 7.20. The van der Waals surface area contributed by atoms with Gasteiger partial charge in [0.2, 0.25) is 5.95 Å². The van der Waals surface area contributed by atoms with Gasteiger partial charge in [-0.3, -0.25) is 0 Å². The van der Waals surface area contributed by atoms with E-state index in [1.54, 1.807) is 6.07 Å². The van der Waals surface area contributed by atoms with E-state index < -0.39 is 17.5 Å². The van der Waals surface area contributed by atoms with Gasteiger partial charge in [-0.2, -0.15) is 4.98 Å². The van der Waals surface area contributed by atoms with E-state index in [-0.39, 0.29) is 28.7 Å². The summed E-state index contributed by atoms with van der Waals surface area (Å²) in [6, 6.07) is 9.02. The average molecular weight is 453 g/mol. The molecule has 10 heteroatoms. The molecule has 1 fully saturated rings. The number of nitrogens with zero attached hydrogens (tertiary/aromatic N) is 5. The van der Waals surface area contributed by atoms with Crippen molar-refractivity contribution in [2.75, 3.05) is 37.2 Å². The van der Waals surface area contributed by atoms with Gasteiger partial charge in [-0.1, -0.05) is 6.07 Å². The van der Waals surface area contributed by atoms with E-state index in [0.717, 1.165) is 31.8 Å². The van der Waals surface area contributed by atoms with Crippen LogP contribution in [0.5, 0.6) is 0 Å². The molecule has 0 aliphatic carbocycles. The van der Waals surface area contributed by atoms with Crippen LogP contribution in [0.15, 0.2) is 42.5 Å². The molecule has 170 valence electrons. The van der Waals surface area contributed by atoms with E-state index in [0.29, 0.717) is 17.6 Å². The van der Waals surface area contributed by atoms with Crippen LogP contribution in [0.4, 0.5) is 24.9 Å². The minimum atomic E-state index is -0.782. The number of halogens is 3. The van der Waals surface area contributed by atoms with Crippen molar-refractivity contribution in [1.82, 2.24) is 24.6 Å². The summed E-state index contributed by atoms with van der Waals surface area (Å²) in [6.45, 7) is 3.53. The van der Waals surface area contributed by atoms with Crippen LogP contribution < -0.4 is 11.1 Å². The summed E-state index contributed by atoms with van der Waals surface area (Å²) in [6.07, 6.45) is 2.38. The van der Waals surface area contributed by atoms with Crippen molar-refractivity contribution in [3.05, 3.63) is 59.9 Å². The minimum absolute atomic E-state index is 0.0666. The standard InChI is InChI=1S/C23H22F3N7/c24-14-4-3-5-16(12-14)33-21(27)19-20(17-7-6-15(25)13-18(17)26)29-23(30-22(19)31-33)28-8-11-32-9-1-2-10-32/h3-7,12-13H,1-2,8-11,27H2,(H,28,30,31). The number of nitrogens with two attached hydrogens (primary N) is 1. The maximum atomic E-state index is 14.7. The molecule has 2 aromatic carbocycles. The zero-order valence-corrected chi connectivity index (χ0v) is 17.7. The number of hydrogen-bond acceptors (Lipinski definition) is 6. The zero-order valence-electron chi connectivity index (χ0n) is 17.7. The highest BCUT2D eigenvalue weighted by Gasteiger charge is 2.21. The Kier molecular flexibility index (Phi) is 5.59. The number of fused-ring (bicyclic) bond motifs is 1. The highest BCUT2D eigenvalue weighted by Crippen LogP contribution is 2.34. The molecule has 0 unspecified atom stereocenters. The quantitative estimate of drug-likeness (QED) is 0.459. The van der Waals surface area contributed by atoms with Crippen LogP contribution in [0.3, 0.4) is 0 Å². The molecule has 0 atom stereocenters. The van der Waals surface area contributed by atoms with Gasteiger partial charge in [-0.15, -0.1) is 5.10 Å². The largest absolute Gasteiger partial charge is 0.383 e. The summed E-state index contributed by atoms with van der Waals surface area (Å²) in [5.74, 6) is -1.56. The molecule has 0 radical (unpaired) electrons. The molecule has 3 heterocycles. The molecule has 1 aliphatic heterocycles. The van der Waals surface area contributed by atoms with Gasteiger partial charge < -0.3 is 16.0 Å². The molecule has 0 bridgehead atoms. The molecule has 2 aromatic heterocycles. The Bertz CT molecular complexity index is 1320. The van der Waals surface area contributed by atoms with Gasteiger partial charge in [0.15, 0.2) is 5.65 Å². The number of anilines is 2. The Morgan fingerprint density at radius 1 is 0.970 bits per heavy atom. The lowest BCUT2D eigenvalue weighted by atomic mass is 10.1. The topological polar surface area (TPSA) is 84.9 Å². The van der Waals surface area contributed by atoms with E-state index in [1.165, 1.54) is 41.8 Å². The average Bonchev–Trinajstić information content (AvgIpc) is 3.41. The molecule has 0 spiro atoms. The lowest BCUT2D eigenvalue weighted by Gasteiger charge is -2.15. The zero-order chi connectivity index (χ0) is 22.9. The molecule has 33 heavy (non-hydrogen) atoms. The molecule has 5 rings (SSSR count). The maximum absolute atomic E-state index is 14.7. The third-order valence-electron chi connectivity index (χ3n) is 5.72. The predicted octanol–water partition coefficient (Wildman–Crippen LogP) is 3.99. The number of nitrogen functional groups attached to an aromatic ring is 1. The Morgan fingerprint density at radius 3 is 2.52 bits per heavy atom. The highest BCUT2D eigenvalue weighted by atomic mass is 19.1. The van der Waals surface area contributed by atoms with Gasteiger partial charge in [-0.05, 0) is 56.3 Å². The number of nitrogens with one attached hydrogen (secondary N) is 1. The SMILES string of the molecule is Nc1c2c(-c3ccc(F)cc3F)nc(NCCN3CCCC3)nc2nn1-c1cccc(F)c1. The monoisotopic (exact) mass is 453 g/mol. The van der Waals surface area contributed by atoms with Gasteiger partial charge >= 0.3 is 0 Å². The highest BCUT2D eigenvalue weighted by molar-refractivity contribution is 5.99. The first-order valence-corrected chi connectivity index (χ1v) is 10.7. The number of rotatable bonds is 6. The molecule has 0 amide bonds. The minimum Gasteiger partial charge on any atom is -0.383 e.